The van der Waals surface area contributed by atoms with E-state index in [4.69, 9.17) is 17.3 Å². The molecule has 2 aliphatic rings. The third-order valence-electron chi connectivity index (χ3n) is 4.08. The van der Waals surface area contributed by atoms with Crippen molar-refractivity contribution in [3.63, 3.8) is 0 Å². The number of hydrogen-bond donors (Lipinski definition) is 2. The van der Waals surface area contributed by atoms with Gasteiger partial charge < -0.3 is 11.1 Å². The number of amides is 1. The summed E-state index contributed by atoms with van der Waals surface area (Å²) >= 11 is 5.87. The lowest BCUT2D eigenvalue weighted by molar-refractivity contribution is -0.117. The Labute approximate surface area is 130 Å². The van der Waals surface area contributed by atoms with Crippen molar-refractivity contribution in [1.82, 2.24) is 4.90 Å². The maximum atomic E-state index is 12.2. The Bertz CT molecular complexity index is 512. The number of benzene rings is 1. The SMILES string of the molecule is Nc1cc(Cl)ccc1NC(=O)CN(CC1CC1)CC1CC1. The maximum Gasteiger partial charge on any atom is 0.238 e. The fourth-order valence-electron chi connectivity index (χ4n) is 2.58. The van der Waals surface area contributed by atoms with E-state index in [1.165, 1.54) is 25.7 Å². The summed E-state index contributed by atoms with van der Waals surface area (Å²) in [4.78, 5) is 14.5. The zero-order valence-electron chi connectivity index (χ0n) is 12.1. The number of nitrogens with two attached hydrogens (primary N) is 1. The molecule has 1 aromatic carbocycles. The summed E-state index contributed by atoms with van der Waals surface area (Å²) in [5, 5.41) is 3.47. The molecule has 4 nitrogen and oxygen atoms in total. The molecule has 5 heteroatoms. The maximum absolute atomic E-state index is 12.2. The Hall–Kier alpha value is -1.26. The summed E-state index contributed by atoms with van der Waals surface area (Å²) in [5.74, 6) is 1.61. The Kier molecular flexibility index (Phi) is 4.36. The highest BCUT2D eigenvalue weighted by Gasteiger charge is 2.30. The number of nitrogens with zero attached hydrogens (tertiary/aromatic N) is 1. The van der Waals surface area contributed by atoms with Crippen LogP contribution in [0, 0.1) is 11.8 Å². The molecule has 0 atom stereocenters. The summed E-state index contributed by atoms with van der Waals surface area (Å²) in [6.07, 6.45) is 5.25. The molecule has 21 heavy (non-hydrogen) atoms. The number of nitrogens with one attached hydrogen (secondary N) is 1. The smallest absolute Gasteiger partial charge is 0.238 e. The minimum absolute atomic E-state index is 0.00493. The van der Waals surface area contributed by atoms with Gasteiger partial charge in [0.05, 0.1) is 17.9 Å². The van der Waals surface area contributed by atoms with Gasteiger partial charge in [-0.25, -0.2) is 0 Å². The van der Waals surface area contributed by atoms with Gasteiger partial charge in [0, 0.05) is 18.1 Å². The highest BCUT2D eigenvalue weighted by Crippen LogP contribution is 2.33. The summed E-state index contributed by atoms with van der Waals surface area (Å²) in [6.45, 7) is 2.56. The quantitative estimate of drug-likeness (QED) is 0.761. The van der Waals surface area contributed by atoms with Crippen molar-refractivity contribution in [3.8, 4) is 0 Å². The molecule has 1 amide bonds. The third kappa shape index (κ3) is 4.61. The van der Waals surface area contributed by atoms with Crippen LogP contribution < -0.4 is 11.1 Å². The predicted molar refractivity (Wildman–Crippen MR) is 86.4 cm³/mol. The summed E-state index contributed by atoms with van der Waals surface area (Å²) in [7, 11) is 0. The van der Waals surface area contributed by atoms with Crippen LogP contribution in [0.4, 0.5) is 11.4 Å². The molecule has 3 rings (SSSR count). The second-order valence-corrected chi connectivity index (χ2v) is 6.80. The van der Waals surface area contributed by atoms with Crippen molar-refractivity contribution in [1.29, 1.82) is 0 Å². The second kappa shape index (κ2) is 6.24. The van der Waals surface area contributed by atoms with E-state index < -0.39 is 0 Å². The first-order valence-corrected chi connectivity index (χ1v) is 8.05. The highest BCUT2D eigenvalue weighted by molar-refractivity contribution is 6.31. The van der Waals surface area contributed by atoms with Gasteiger partial charge in [-0.1, -0.05) is 11.6 Å². The van der Waals surface area contributed by atoms with Crippen LogP contribution in [0.2, 0.25) is 5.02 Å². The lowest BCUT2D eigenvalue weighted by atomic mass is 10.2. The Morgan fingerprint density at radius 3 is 2.38 bits per heavy atom. The lowest BCUT2D eigenvalue weighted by Crippen LogP contribution is -2.36. The number of rotatable bonds is 7. The van der Waals surface area contributed by atoms with Crippen LogP contribution in [0.3, 0.4) is 0 Å². The van der Waals surface area contributed by atoms with Crippen LogP contribution in [0.25, 0.3) is 0 Å². The molecule has 0 aromatic heterocycles. The molecular formula is C16H22ClN3O. The minimum Gasteiger partial charge on any atom is -0.397 e. The molecule has 0 unspecified atom stereocenters. The van der Waals surface area contributed by atoms with E-state index in [2.05, 4.69) is 10.2 Å². The van der Waals surface area contributed by atoms with Gasteiger partial charge in [0.25, 0.3) is 0 Å². The largest absolute Gasteiger partial charge is 0.397 e. The zero-order valence-corrected chi connectivity index (χ0v) is 12.9. The fourth-order valence-corrected chi connectivity index (χ4v) is 2.76. The van der Waals surface area contributed by atoms with Gasteiger partial charge in [0.1, 0.15) is 0 Å². The van der Waals surface area contributed by atoms with Gasteiger partial charge in [0.15, 0.2) is 0 Å². The molecule has 3 N–H and O–H groups in total. The molecule has 2 fully saturated rings. The van der Waals surface area contributed by atoms with E-state index >= 15 is 0 Å². The average Bonchev–Trinajstić information content (AvgIpc) is 3.29. The van der Waals surface area contributed by atoms with Gasteiger partial charge in [-0.15, -0.1) is 0 Å². The van der Waals surface area contributed by atoms with E-state index in [0.717, 1.165) is 24.9 Å². The monoisotopic (exact) mass is 307 g/mol. The minimum atomic E-state index is 0.00493. The normalized spacial score (nSPS) is 18.0. The first kappa shape index (κ1) is 14.7. The molecule has 2 aliphatic carbocycles. The summed E-state index contributed by atoms with van der Waals surface area (Å²) in [6, 6.07) is 5.14. The van der Waals surface area contributed by atoms with Crippen LogP contribution in [-0.4, -0.2) is 30.4 Å². The van der Waals surface area contributed by atoms with E-state index in [1.54, 1.807) is 18.2 Å². The highest BCUT2D eigenvalue weighted by atomic mass is 35.5. The zero-order chi connectivity index (χ0) is 14.8. The van der Waals surface area contributed by atoms with Gasteiger partial charge in [0.2, 0.25) is 5.91 Å². The number of anilines is 2. The Balaban J connectivity index is 1.55. The van der Waals surface area contributed by atoms with Gasteiger partial charge in [-0.2, -0.15) is 0 Å². The topological polar surface area (TPSA) is 58.4 Å². The van der Waals surface area contributed by atoms with Crippen molar-refractivity contribution in [2.24, 2.45) is 11.8 Å². The number of hydrogen-bond acceptors (Lipinski definition) is 3. The molecule has 0 saturated heterocycles. The third-order valence-corrected chi connectivity index (χ3v) is 4.32. The molecular weight excluding hydrogens is 286 g/mol. The first-order valence-electron chi connectivity index (χ1n) is 7.67. The lowest BCUT2D eigenvalue weighted by Gasteiger charge is -2.21. The number of nitrogen functional groups attached to an aromatic ring is 1. The van der Waals surface area contributed by atoms with E-state index in [-0.39, 0.29) is 5.91 Å². The van der Waals surface area contributed by atoms with Crippen LogP contribution in [0.1, 0.15) is 25.7 Å². The van der Waals surface area contributed by atoms with Crippen molar-refractivity contribution < 1.29 is 4.79 Å². The number of carbonyl (C=O) groups excluding carboxylic acids is 1. The fraction of sp³-hybridized carbons (Fsp3) is 0.562. The molecule has 0 heterocycles. The average molecular weight is 308 g/mol. The standard InChI is InChI=1S/C16H22ClN3O/c17-13-5-6-15(14(18)7-13)19-16(21)10-20(8-11-1-2-11)9-12-3-4-12/h5-7,11-12H,1-4,8-10,18H2,(H,19,21). The van der Waals surface area contributed by atoms with Crippen molar-refractivity contribution >= 4 is 28.9 Å². The van der Waals surface area contributed by atoms with Gasteiger partial charge in [-0.05, 0) is 55.7 Å². The summed E-state index contributed by atoms with van der Waals surface area (Å²) in [5.41, 5.74) is 7.02. The van der Waals surface area contributed by atoms with Crippen LogP contribution in [0.15, 0.2) is 18.2 Å². The molecule has 0 radical (unpaired) electrons. The molecule has 1 aromatic rings. The van der Waals surface area contributed by atoms with Crippen molar-refractivity contribution in [2.45, 2.75) is 25.7 Å². The predicted octanol–water partition coefficient (Wildman–Crippen LogP) is 2.98. The van der Waals surface area contributed by atoms with E-state index in [1.807, 2.05) is 0 Å². The number of carbonyl (C=O) groups is 1. The van der Waals surface area contributed by atoms with Gasteiger partial charge >= 0.3 is 0 Å². The van der Waals surface area contributed by atoms with E-state index in [9.17, 15) is 4.79 Å². The summed E-state index contributed by atoms with van der Waals surface area (Å²) < 4.78 is 0. The Morgan fingerprint density at radius 1 is 1.24 bits per heavy atom. The molecule has 0 spiro atoms. The van der Waals surface area contributed by atoms with Crippen molar-refractivity contribution in [3.05, 3.63) is 23.2 Å². The first-order chi connectivity index (χ1) is 10.1. The van der Waals surface area contributed by atoms with Crippen LogP contribution in [-0.2, 0) is 4.79 Å². The van der Waals surface area contributed by atoms with Gasteiger partial charge in [-0.3, -0.25) is 9.69 Å². The molecule has 2 saturated carbocycles. The van der Waals surface area contributed by atoms with Crippen LogP contribution in [0.5, 0.6) is 0 Å². The molecule has 0 bridgehead atoms. The Morgan fingerprint density at radius 2 is 1.86 bits per heavy atom. The second-order valence-electron chi connectivity index (χ2n) is 6.36. The van der Waals surface area contributed by atoms with E-state index in [0.29, 0.717) is 22.9 Å². The number of halogens is 1. The van der Waals surface area contributed by atoms with Crippen molar-refractivity contribution in [2.75, 3.05) is 30.7 Å². The van der Waals surface area contributed by atoms with Crippen LogP contribution >= 0.6 is 11.6 Å². The molecule has 114 valence electrons. The molecule has 0 aliphatic heterocycles.